The number of carbonyl (C=O) groups is 1. The van der Waals surface area contributed by atoms with Gasteiger partial charge in [-0.3, -0.25) is 14.4 Å². The first-order valence-electron chi connectivity index (χ1n) is 7.47. The third-order valence-corrected chi connectivity index (χ3v) is 3.78. The van der Waals surface area contributed by atoms with Gasteiger partial charge in [0, 0.05) is 19.2 Å². The standard InChI is InChI=1S/C14H20N6O2/c1-11-5-13(18-22-11)17-14(21)8-19-4-2-3-12(6-19)7-20-10-15-9-16-20/h5,9-10,12H,2-4,6-8H2,1H3,(H,17,18,21)/t12-/m1/s1. The van der Waals surface area contributed by atoms with Crippen molar-refractivity contribution in [1.29, 1.82) is 0 Å². The average Bonchev–Trinajstić information content (AvgIpc) is 3.11. The lowest BCUT2D eigenvalue weighted by molar-refractivity contribution is -0.117. The van der Waals surface area contributed by atoms with Crippen LogP contribution in [0.25, 0.3) is 0 Å². The van der Waals surface area contributed by atoms with Gasteiger partial charge in [-0.1, -0.05) is 5.16 Å². The monoisotopic (exact) mass is 304 g/mol. The van der Waals surface area contributed by atoms with Gasteiger partial charge in [-0.25, -0.2) is 4.98 Å². The van der Waals surface area contributed by atoms with Crippen LogP contribution in [-0.2, 0) is 11.3 Å². The molecule has 0 radical (unpaired) electrons. The number of likely N-dealkylation sites (tertiary alicyclic amines) is 1. The van der Waals surface area contributed by atoms with Gasteiger partial charge in [0.05, 0.1) is 6.54 Å². The molecule has 8 nitrogen and oxygen atoms in total. The molecule has 1 atom stereocenters. The number of nitrogens with zero attached hydrogens (tertiary/aromatic N) is 5. The Kier molecular flexibility index (Phi) is 4.47. The molecule has 0 aromatic carbocycles. The summed E-state index contributed by atoms with van der Waals surface area (Å²) in [5.74, 6) is 1.59. The zero-order valence-electron chi connectivity index (χ0n) is 12.6. The predicted molar refractivity (Wildman–Crippen MR) is 79.1 cm³/mol. The Morgan fingerprint density at radius 3 is 3.18 bits per heavy atom. The summed E-state index contributed by atoms with van der Waals surface area (Å²) < 4.78 is 6.79. The molecule has 1 aliphatic heterocycles. The van der Waals surface area contributed by atoms with Gasteiger partial charge >= 0.3 is 0 Å². The van der Waals surface area contributed by atoms with E-state index in [1.807, 2.05) is 4.68 Å². The third kappa shape index (κ3) is 3.91. The summed E-state index contributed by atoms with van der Waals surface area (Å²) >= 11 is 0. The van der Waals surface area contributed by atoms with Crippen molar-refractivity contribution in [3.63, 3.8) is 0 Å². The first-order chi connectivity index (χ1) is 10.7. The van der Waals surface area contributed by atoms with Gasteiger partial charge in [-0.15, -0.1) is 0 Å². The number of nitrogens with one attached hydrogen (secondary N) is 1. The van der Waals surface area contributed by atoms with E-state index in [-0.39, 0.29) is 5.91 Å². The summed E-state index contributed by atoms with van der Waals surface area (Å²) in [5.41, 5.74) is 0. The second-order valence-electron chi connectivity index (χ2n) is 5.73. The van der Waals surface area contributed by atoms with Gasteiger partial charge in [-0.2, -0.15) is 5.10 Å². The topological polar surface area (TPSA) is 89.1 Å². The van der Waals surface area contributed by atoms with Crippen LogP contribution in [-0.4, -0.2) is 50.4 Å². The van der Waals surface area contributed by atoms with E-state index >= 15 is 0 Å². The number of rotatable bonds is 5. The van der Waals surface area contributed by atoms with Gasteiger partial charge in [0.25, 0.3) is 0 Å². The second-order valence-corrected chi connectivity index (χ2v) is 5.73. The van der Waals surface area contributed by atoms with Gasteiger partial charge in [0.2, 0.25) is 5.91 Å². The fourth-order valence-electron chi connectivity index (χ4n) is 2.85. The molecule has 1 fully saturated rings. The highest BCUT2D eigenvalue weighted by Crippen LogP contribution is 2.18. The number of anilines is 1. The van der Waals surface area contributed by atoms with E-state index in [1.165, 1.54) is 0 Å². The molecule has 22 heavy (non-hydrogen) atoms. The average molecular weight is 304 g/mol. The van der Waals surface area contributed by atoms with Crippen LogP contribution in [0.3, 0.4) is 0 Å². The normalized spacial score (nSPS) is 19.2. The molecule has 1 aliphatic rings. The fourth-order valence-corrected chi connectivity index (χ4v) is 2.85. The largest absolute Gasteiger partial charge is 0.360 e. The highest BCUT2D eigenvalue weighted by Gasteiger charge is 2.22. The lowest BCUT2D eigenvalue weighted by atomic mass is 9.98. The quantitative estimate of drug-likeness (QED) is 0.883. The van der Waals surface area contributed by atoms with Crippen LogP contribution in [0.4, 0.5) is 5.82 Å². The first-order valence-corrected chi connectivity index (χ1v) is 7.47. The Morgan fingerprint density at radius 1 is 1.55 bits per heavy atom. The minimum Gasteiger partial charge on any atom is -0.360 e. The Balaban J connectivity index is 1.48. The van der Waals surface area contributed by atoms with Crippen molar-refractivity contribution < 1.29 is 9.32 Å². The van der Waals surface area contributed by atoms with Crippen molar-refractivity contribution >= 4 is 11.7 Å². The Bertz CT molecular complexity index is 609. The van der Waals surface area contributed by atoms with E-state index < -0.39 is 0 Å². The number of amides is 1. The molecule has 0 spiro atoms. The van der Waals surface area contributed by atoms with E-state index in [9.17, 15) is 4.79 Å². The van der Waals surface area contributed by atoms with Crippen molar-refractivity contribution in [2.24, 2.45) is 5.92 Å². The van der Waals surface area contributed by atoms with Crippen LogP contribution in [0.1, 0.15) is 18.6 Å². The van der Waals surface area contributed by atoms with Crippen molar-refractivity contribution in [2.45, 2.75) is 26.3 Å². The van der Waals surface area contributed by atoms with Crippen LogP contribution in [0, 0.1) is 12.8 Å². The third-order valence-electron chi connectivity index (χ3n) is 3.78. The maximum atomic E-state index is 12.1. The van der Waals surface area contributed by atoms with E-state index in [4.69, 9.17) is 4.52 Å². The molecule has 0 bridgehead atoms. The molecule has 3 heterocycles. The van der Waals surface area contributed by atoms with Crippen molar-refractivity contribution in [3.05, 3.63) is 24.5 Å². The zero-order chi connectivity index (χ0) is 15.4. The number of hydrogen-bond donors (Lipinski definition) is 1. The van der Waals surface area contributed by atoms with Crippen LogP contribution < -0.4 is 5.32 Å². The predicted octanol–water partition coefficient (Wildman–Crippen LogP) is 0.925. The van der Waals surface area contributed by atoms with Gasteiger partial charge < -0.3 is 9.84 Å². The molecule has 3 rings (SSSR count). The number of hydrogen-bond acceptors (Lipinski definition) is 6. The van der Waals surface area contributed by atoms with Crippen molar-refractivity contribution in [1.82, 2.24) is 24.8 Å². The Hall–Kier alpha value is -2.22. The molecule has 1 saturated heterocycles. The minimum atomic E-state index is -0.0605. The molecule has 0 saturated carbocycles. The molecule has 8 heteroatoms. The van der Waals surface area contributed by atoms with Gasteiger partial charge in [0.15, 0.2) is 5.82 Å². The van der Waals surface area contributed by atoms with Gasteiger partial charge in [-0.05, 0) is 32.2 Å². The molecule has 0 aliphatic carbocycles. The molecular weight excluding hydrogens is 284 g/mol. The lowest BCUT2D eigenvalue weighted by Crippen LogP contribution is -2.41. The summed E-state index contributed by atoms with van der Waals surface area (Å²) in [5, 5.41) is 10.7. The highest BCUT2D eigenvalue weighted by molar-refractivity contribution is 5.91. The lowest BCUT2D eigenvalue weighted by Gasteiger charge is -2.31. The van der Waals surface area contributed by atoms with E-state index in [1.54, 1.807) is 25.6 Å². The van der Waals surface area contributed by atoms with Crippen LogP contribution in [0.15, 0.2) is 23.2 Å². The second kappa shape index (κ2) is 6.69. The summed E-state index contributed by atoms with van der Waals surface area (Å²) in [6.07, 6.45) is 5.53. The van der Waals surface area contributed by atoms with Crippen molar-refractivity contribution in [3.8, 4) is 0 Å². The van der Waals surface area contributed by atoms with Crippen LogP contribution >= 0.6 is 0 Å². The van der Waals surface area contributed by atoms with Crippen LogP contribution in [0.2, 0.25) is 0 Å². The molecule has 1 N–H and O–H groups in total. The Labute approximate surface area is 128 Å². The highest BCUT2D eigenvalue weighted by atomic mass is 16.5. The first kappa shape index (κ1) is 14.7. The smallest absolute Gasteiger partial charge is 0.239 e. The van der Waals surface area contributed by atoms with Crippen molar-refractivity contribution in [2.75, 3.05) is 25.0 Å². The Morgan fingerprint density at radius 2 is 2.45 bits per heavy atom. The summed E-state index contributed by atoms with van der Waals surface area (Å²) in [6.45, 7) is 4.85. The fraction of sp³-hybridized carbons (Fsp3) is 0.571. The molecular formula is C14H20N6O2. The van der Waals surface area contributed by atoms with Crippen LogP contribution in [0.5, 0.6) is 0 Å². The molecule has 2 aromatic rings. The molecule has 1 amide bonds. The maximum absolute atomic E-state index is 12.1. The minimum absolute atomic E-state index is 0.0605. The number of aryl methyl sites for hydroxylation is 1. The maximum Gasteiger partial charge on any atom is 0.239 e. The molecule has 118 valence electrons. The zero-order valence-corrected chi connectivity index (χ0v) is 12.6. The number of piperidine rings is 1. The SMILES string of the molecule is Cc1cc(NC(=O)CN2CCC[C@@H](Cn3cncn3)C2)no1. The number of carbonyl (C=O) groups excluding carboxylic acids is 1. The summed E-state index contributed by atoms with van der Waals surface area (Å²) in [7, 11) is 0. The van der Waals surface area contributed by atoms with Gasteiger partial charge in [0.1, 0.15) is 18.4 Å². The number of aromatic nitrogens is 4. The van der Waals surface area contributed by atoms with E-state index in [0.717, 1.165) is 32.5 Å². The summed E-state index contributed by atoms with van der Waals surface area (Å²) in [6, 6.07) is 1.71. The molecule has 2 aromatic heterocycles. The summed E-state index contributed by atoms with van der Waals surface area (Å²) in [4.78, 5) is 18.2. The van der Waals surface area contributed by atoms with E-state index in [2.05, 4.69) is 25.5 Å². The van der Waals surface area contributed by atoms with E-state index in [0.29, 0.717) is 24.0 Å². The molecule has 0 unspecified atom stereocenters.